The summed E-state index contributed by atoms with van der Waals surface area (Å²) in [7, 11) is 0. The Kier molecular flexibility index (Phi) is 3.89. The van der Waals surface area contributed by atoms with Crippen LogP contribution in [0.2, 0.25) is 0 Å². The third-order valence-corrected chi connectivity index (χ3v) is 4.30. The second-order valence-electron chi connectivity index (χ2n) is 5.95. The van der Waals surface area contributed by atoms with Gasteiger partial charge in [0.15, 0.2) is 0 Å². The number of benzene rings is 2. The molecule has 1 atom stereocenters. The number of anilines is 1. The number of hydrogen-bond acceptors (Lipinski definition) is 3. The zero-order valence-corrected chi connectivity index (χ0v) is 13.2. The van der Waals surface area contributed by atoms with E-state index in [-0.39, 0.29) is 5.91 Å². The highest BCUT2D eigenvalue weighted by atomic mass is 16.3. The van der Waals surface area contributed by atoms with Crippen molar-refractivity contribution in [1.29, 1.82) is 0 Å². The van der Waals surface area contributed by atoms with Crippen molar-refractivity contribution in [1.82, 2.24) is 4.90 Å². The van der Waals surface area contributed by atoms with Crippen molar-refractivity contribution >= 4 is 11.6 Å². The molecule has 4 heteroatoms. The van der Waals surface area contributed by atoms with Crippen LogP contribution in [0.5, 0.6) is 0 Å². The predicted molar refractivity (Wildman–Crippen MR) is 92.2 cm³/mol. The molecule has 0 radical (unpaired) electrons. The number of nitrogens with one attached hydrogen (secondary N) is 1. The van der Waals surface area contributed by atoms with E-state index in [9.17, 15) is 4.79 Å². The first kappa shape index (κ1) is 14.7. The summed E-state index contributed by atoms with van der Waals surface area (Å²) in [6.45, 7) is 1.35. The number of nitrogens with zero attached hydrogens (tertiary/aromatic N) is 1. The lowest BCUT2D eigenvalue weighted by Crippen LogP contribution is -2.34. The Labute approximate surface area is 140 Å². The normalized spacial score (nSPS) is 17.8. The maximum atomic E-state index is 12.9. The molecule has 2 heterocycles. The van der Waals surface area contributed by atoms with Crippen LogP contribution in [0.1, 0.15) is 22.9 Å². The summed E-state index contributed by atoms with van der Waals surface area (Å²) >= 11 is 0. The summed E-state index contributed by atoms with van der Waals surface area (Å²) in [6.07, 6.45) is 1.61. The summed E-state index contributed by atoms with van der Waals surface area (Å²) in [4.78, 5) is 15.0. The quantitative estimate of drug-likeness (QED) is 0.794. The summed E-state index contributed by atoms with van der Waals surface area (Å²) < 4.78 is 5.56. The van der Waals surface area contributed by atoms with Crippen LogP contribution in [0.3, 0.4) is 0 Å². The fourth-order valence-electron chi connectivity index (χ4n) is 3.18. The van der Waals surface area contributed by atoms with E-state index in [0.717, 1.165) is 11.3 Å². The molecule has 1 aliphatic heterocycles. The van der Waals surface area contributed by atoms with E-state index in [1.165, 1.54) is 5.56 Å². The molecule has 2 aromatic carbocycles. The van der Waals surface area contributed by atoms with E-state index >= 15 is 0 Å². The minimum Gasteiger partial charge on any atom is -0.467 e. The number of carbonyl (C=O) groups is 1. The van der Waals surface area contributed by atoms with Crippen molar-refractivity contribution < 1.29 is 9.21 Å². The average molecular weight is 318 g/mol. The van der Waals surface area contributed by atoms with Crippen molar-refractivity contribution in [3.63, 3.8) is 0 Å². The molecule has 1 unspecified atom stereocenters. The van der Waals surface area contributed by atoms with Crippen LogP contribution in [-0.4, -0.2) is 10.8 Å². The summed E-state index contributed by atoms with van der Waals surface area (Å²) in [6, 6.07) is 21.3. The molecule has 0 aliphatic carbocycles. The molecule has 4 rings (SSSR count). The molecule has 3 aromatic rings. The van der Waals surface area contributed by atoms with Crippen LogP contribution in [-0.2, 0) is 17.9 Å². The van der Waals surface area contributed by atoms with Gasteiger partial charge < -0.3 is 9.73 Å². The second kappa shape index (κ2) is 6.34. The van der Waals surface area contributed by atoms with Gasteiger partial charge in [0.25, 0.3) is 0 Å². The van der Waals surface area contributed by atoms with Crippen LogP contribution in [0.4, 0.5) is 5.69 Å². The lowest BCUT2D eigenvalue weighted by Gasteiger charge is -2.27. The van der Waals surface area contributed by atoms with Gasteiger partial charge in [-0.25, -0.2) is 0 Å². The molecule has 0 spiro atoms. The first-order chi connectivity index (χ1) is 11.8. The van der Waals surface area contributed by atoms with E-state index in [2.05, 4.69) is 28.4 Å². The molecule has 1 amide bonds. The Morgan fingerprint density at radius 1 is 1.00 bits per heavy atom. The molecule has 24 heavy (non-hydrogen) atoms. The Morgan fingerprint density at radius 3 is 2.58 bits per heavy atom. The maximum Gasteiger partial charge on any atom is 0.249 e. The van der Waals surface area contributed by atoms with Crippen molar-refractivity contribution in [2.45, 2.75) is 19.1 Å². The van der Waals surface area contributed by atoms with Crippen molar-refractivity contribution in [3.8, 4) is 0 Å². The summed E-state index contributed by atoms with van der Waals surface area (Å²) in [5.41, 5.74) is 3.15. The van der Waals surface area contributed by atoms with E-state index in [4.69, 9.17) is 4.42 Å². The molecule has 0 saturated heterocycles. The van der Waals surface area contributed by atoms with Crippen molar-refractivity contribution in [2.24, 2.45) is 0 Å². The first-order valence-electron chi connectivity index (χ1n) is 8.01. The molecule has 0 saturated carbocycles. The third kappa shape index (κ3) is 2.84. The van der Waals surface area contributed by atoms with Crippen LogP contribution in [0, 0.1) is 0 Å². The highest BCUT2D eigenvalue weighted by Gasteiger charge is 2.33. The summed E-state index contributed by atoms with van der Waals surface area (Å²) in [5, 5.41) is 3.04. The highest BCUT2D eigenvalue weighted by Crippen LogP contribution is 2.32. The number of rotatable bonds is 3. The lowest BCUT2D eigenvalue weighted by atomic mass is 10.1. The smallest absolute Gasteiger partial charge is 0.249 e. The van der Waals surface area contributed by atoms with Crippen LogP contribution in [0.15, 0.2) is 77.4 Å². The zero-order valence-electron chi connectivity index (χ0n) is 13.2. The third-order valence-electron chi connectivity index (χ3n) is 4.30. The van der Waals surface area contributed by atoms with Gasteiger partial charge in [-0.1, -0.05) is 48.5 Å². The minimum absolute atomic E-state index is 0.0640. The molecule has 1 aliphatic rings. The topological polar surface area (TPSA) is 45.5 Å². The highest BCUT2D eigenvalue weighted by molar-refractivity contribution is 5.96. The lowest BCUT2D eigenvalue weighted by molar-refractivity contribution is -0.122. The fraction of sp³-hybridized carbons (Fsp3) is 0.150. The molecule has 0 fully saturated rings. The van der Waals surface area contributed by atoms with Crippen molar-refractivity contribution in [3.05, 3.63) is 89.9 Å². The van der Waals surface area contributed by atoms with E-state index in [1.54, 1.807) is 6.26 Å². The van der Waals surface area contributed by atoms with E-state index in [1.807, 2.05) is 48.5 Å². The average Bonchev–Trinajstić information content (AvgIpc) is 3.07. The number of fused-ring (bicyclic) bond motifs is 1. The van der Waals surface area contributed by atoms with Gasteiger partial charge in [0.05, 0.1) is 6.26 Å². The van der Waals surface area contributed by atoms with Crippen LogP contribution >= 0.6 is 0 Å². The minimum atomic E-state index is -0.451. The fourth-order valence-corrected chi connectivity index (χ4v) is 3.18. The number of amides is 1. The SMILES string of the molecule is O=C1Nc2ccccc2CN(Cc2ccccc2)C1c1ccco1. The Balaban J connectivity index is 1.74. The zero-order chi connectivity index (χ0) is 16.4. The molecule has 4 nitrogen and oxygen atoms in total. The van der Waals surface area contributed by atoms with Gasteiger partial charge in [0, 0.05) is 18.8 Å². The number of para-hydroxylation sites is 1. The van der Waals surface area contributed by atoms with E-state index in [0.29, 0.717) is 18.8 Å². The van der Waals surface area contributed by atoms with Gasteiger partial charge >= 0.3 is 0 Å². The molecular weight excluding hydrogens is 300 g/mol. The number of furan rings is 1. The standard InChI is InChI=1S/C20H18N2O2/c23-20-19(18-11-6-12-24-18)22(13-15-7-2-1-3-8-15)14-16-9-4-5-10-17(16)21-20/h1-12,19H,13-14H2,(H,21,23). The van der Waals surface area contributed by atoms with Gasteiger partial charge in [-0.2, -0.15) is 0 Å². The molecule has 120 valence electrons. The molecule has 1 N–H and O–H groups in total. The van der Waals surface area contributed by atoms with Gasteiger partial charge in [-0.05, 0) is 29.3 Å². The Bertz CT molecular complexity index is 828. The van der Waals surface area contributed by atoms with Gasteiger partial charge in [0.1, 0.15) is 11.8 Å². The van der Waals surface area contributed by atoms with E-state index < -0.39 is 6.04 Å². The van der Waals surface area contributed by atoms with Gasteiger partial charge in [-0.3, -0.25) is 9.69 Å². The number of hydrogen-bond donors (Lipinski definition) is 1. The maximum absolute atomic E-state index is 12.9. The molecular formula is C20H18N2O2. The van der Waals surface area contributed by atoms with Crippen LogP contribution < -0.4 is 5.32 Å². The monoisotopic (exact) mass is 318 g/mol. The van der Waals surface area contributed by atoms with Crippen molar-refractivity contribution in [2.75, 3.05) is 5.32 Å². The Morgan fingerprint density at radius 2 is 1.79 bits per heavy atom. The largest absolute Gasteiger partial charge is 0.467 e. The summed E-state index contributed by atoms with van der Waals surface area (Å²) in [5.74, 6) is 0.599. The van der Waals surface area contributed by atoms with Gasteiger partial charge in [0.2, 0.25) is 5.91 Å². The Hall–Kier alpha value is -2.85. The molecule has 0 bridgehead atoms. The molecule has 1 aromatic heterocycles. The first-order valence-corrected chi connectivity index (χ1v) is 8.01. The number of carbonyl (C=O) groups excluding carboxylic acids is 1. The second-order valence-corrected chi connectivity index (χ2v) is 5.95. The van der Waals surface area contributed by atoms with Crippen LogP contribution in [0.25, 0.3) is 0 Å². The van der Waals surface area contributed by atoms with Gasteiger partial charge in [-0.15, -0.1) is 0 Å². The predicted octanol–water partition coefficient (Wildman–Crippen LogP) is 3.98.